The van der Waals surface area contributed by atoms with Gasteiger partial charge in [-0.1, -0.05) is 31.2 Å². The lowest BCUT2D eigenvalue weighted by molar-refractivity contribution is 0.787. The van der Waals surface area contributed by atoms with Crippen molar-refractivity contribution >= 4 is 5.96 Å². The standard InChI is InChI=1S/C19H26N4/c1-4-16-7-5-6-8-18(16)14-23-19(20-3)22-12-10-17-9-11-21-13-15(17)2/h5-9,11,13H,4,10,12,14H2,1-3H3,(H2,20,22,23). The highest BCUT2D eigenvalue weighted by Crippen LogP contribution is 2.09. The molecule has 1 heterocycles. The Labute approximate surface area is 139 Å². The van der Waals surface area contributed by atoms with Crippen molar-refractivity contribution in [2.75, 3.05) is 13.6 Å². The average Bonchev–Trinajstić information content (AvgIpc) is 2.59. The first kappa shape index (κ1) is 17.0. The lowest BCUT2D eigenvalue weighted by Gasteiger charge is -2.14. The fraction of sp³-hybridized carbons (Fsp3) is 0.368. The van der Waals surface area contributed by atoms with Gasteiger partial charge >= 0.3 is 0 Å². The van der Waals surface area contributed by atoms with Crippen molar-refractivity contribution in [2.24, 2.45) is 4.99 Å². The van der Waals surface area contributed by atoms with Gasteiger partial charge in [-0.3, -0.25) is 9.98 Å². The number of pyridine rings is 1. The largest absolute Gasteiger partial charge is 0.356 e. The Morgan fingerprint density at radius 2 is 1.87 bits per heavy atom. The summed E-state index contributed by atoms with van der Waals surface area (Å²) in [7, 11) is 1.80. The summed E-state index contributed by atoms with van der Waals surface area (Å²) in [6.45, 7) is 5.91. The minimum Gasteiger partial charge on any atom is -0.356 e. The minimum atomic E-state index is 0.790. The first-order valence-corrected chi connectivity index (χ1v) is 8.15. The van der Waals surface area contributed by atoms with Crippen molar-refractivity contribution in [3.8, 4) is 0 Å². The molecule has 0 amide bonds. The lowest BCUT2D eigenvalue weighted by atomic mass is 10.1. The number of guanidine groups is 1. The van der Waals surface area contributed by atoms with Crippen LogP contribution in [0.2, 0.25) is 0 Å². The lowest BCUT2D eigenvalue weighted by Crippen LogP contribution is -2.38. The van der Waals surface area contributed by atoms with Gasteiger partial charge in [0, 0.05) is 32.5 Å². The molecule has 2 rings (SSSR count). The Hall–Kier alpha value is -2.36. The maximum absolute atomic E-state index is 4.29. The summed E-state index contributed by atoms with van der Waals surface area (Å²) in [6, 6.07) is 10.6. The number of hydrogen-bond donors (Lipinski definition) is 2. The molecule has 0 radical (unpaired) electrons. The van der Waals surface area contributed by atoms with E-state index in [1.54, 1.807) is 7.05 Å². The minimum absolute atomic E-state index is 0.790. The summed E-state index contributed by atoms with van der Waals surface area (Å²) in [5.74, 6) is 0.836. The number of aromatic nitrogens is 1. The molecule has 0 atom stereocenters. The van der Waals surface area contributed by atoms with E-state index in [4.69, 9.17) is 0 Å². The van der Waals surface area contributed by atoms with Gasteiger partial charge < -0.3 is 10.6 Å². The average molecular weight is 310 g/mol. The Kier molecular flexibility index (Phi) is 6.60. The van der Waals surface area contributed by atoms with E-state index in [0.717, 1.165) is 31.9 Å². The van der Waals surface area contributed by atoms with Gasteiger partial charge in [0.25, 0.3) is 0 Å². The second-order valence-electron chi connectivity index (χ2n) is 5.53. The Morgan fingerprint density at radius 1 is 1.09 bits per heavy atom. The summed E-state index contributed by atoms with van der Waals surface area (Å²) in [4.78, 5) is 8.42. The predicted molar refractivity (Wildman–Crippen MR) is 96.7 cm³/mol. The van der Waals surface area contributed by atoms with Gasteiger partial charge in [-0.05, 0) is 48.1 Å². The second kappa shape index (κ2) is 8.93. The van der Waals surface area contributed by atoms with Gasteiger partial charge in [0.2, 0.25) is 0 Å². The highest BCUT2D eigenvalue weighted by atomic mass is 15.2. The molecule has 0 saturated carbocycles. The maximum atomic E-state index is 4.29. The molecule has 1 aromatic heterocycles. The fourth-order valence-corrected chi connectivity index (χ4v) is 2.57. The highest BCUT2D eigenvalue weighted by molar-refractivity contribution is 5.79. The number of aryl methyl sites for hydroxylation is 2. The quantitative estimate of drug-likeness (QED) is 0.637. The highest BCUT2D eigenvalue weighted by Gasteiger charge is 2.03. The molecule has 122 valence electrons. The van der Waals surface area contributed by atoms with Crippen molar-refractivity contribution in [1.82, 2.24) is 15.6 Å². The van der Waals surface area contributed by atoms with Crippen molar-refractivity contribution in [1.29, 1.82) is 0 Å². The van der Waals surface area contributed by atoms with Crippen molar-refractivity contribution < 1.29 is 0 Å². The maximum Gasteiger partial charge on any atom is 0.191 e. The zero-order valence-corrected chi connectivity index (χ0v) is 14.3. The van der Waals surface area contributed by atoms with Gasteiger partial charge in [0.1, 0.15) is 0 Å². The van der Waals surface area contributed by atoms with Crippen molar-refractivity contribution in [3.05, 3.63) is 65.0 Å². The van der Waals surface area contributed by atoms with Crippen LogP contribution in [0.15, 0.2) is 47.7 Å². The van der Waals surface area contributed by atoms with Gasteiger partial charge in [-0.15, -0.1) is 0 Å². The number of hydrogen-bond acceptors (Lipinski definition) is 2. The van der Waals surface area contributed by atoms with E-state index >= 15 is 0 Å². The Bertz CT molecular complexity index is 649. The molecule has 0 aliphatic heterocycles. The van der Waals surface area contributed by atoms with E-state index in [2.05, 4.69) is 64.8 Å². The molecule has 0 saturated heterocycles. The molecule has 0 spiro atoms. The van der Waals surface area contributed by atoms with Crippen molar-refractivity contribution in [3.63, 3.8) is 0 Å². The van der Waals surface area contributed by atoms with Crippen LogP contribution in [0, 0.1) is 6.92 Å². The van der Waals surface area contributed by atoms with Crippen LogP contribution in [0.3, 0.4) is 0 Å². The van der Waals surface area contributed by atoms with E-state index in [-0.39, 0.29) is 0 Å². The van der Waals surface area contributed by atoms with Gasteiger partial charge in [-0.2, -0.15) is 0 Å². The first-order chi connectivity index (χ1) is 11.2. The molecule has 23 heavy (non-hydrogen) atoms. The third-order valence-corrected chi connectivity index (χ3v) is 3.99. The second-order valence-corrected chi connectivity index (χ2v) is 5.53. The van der Waals surface area contributed by atoms with E-state index in [9.17, 15) is 0 Å². The molecule has 0 unspecified atom stereocenters. The molecule has 0 aliphatic carbocycles. The Morgan fingerprint density at radius 3 is 2.57 bits per heavy atom. The van der Waals surface area contributed by atoms with Crippen LogP contribution in [0.1, 0.15) is 29.2 Å². The van der Waals surface area contributed by atoms with Gasteiger partial charge in [0.15, 0.2) is 5.96 Å². The first-order valence-electron chi connectivity index (χ1n) is 8.15. The van der Waals surface area contributed by atoms with Crippen LogP contribution in [-0.2, 0) is 19.4 Å². The SMILES string of the molecule is CCc1ccccc1CNC(=NC)NCCc1ccncc1C. The molecule has 1 aromatic carbocycles. The van der Waals surface area contributed by atoms with Crippen LogP contribution >= 0.6 is 0 Å². The van der Waals surface area contributed by atoms with Gasteiger partial charge in [-0.25, -0.2) is 0 Å². The van der Waals surface area contributed by atoms with E-state index in [0.29, 0.717) is 0 Å². The summed E-state index contributed by atoms with van der Waals surface area (Å²) in [6.07, 6.45) is 5.76. The molecular weight excluding hydrogens is 284 g/mol. The van der Waals surface area contributed by atoms with E-state index < -0.39 is 0 Å². The summed E-state index contributed by atoms with van der Waals surface area (Å²) < 4.78 is 0. The molecule has 0 aliphatic rings. The zero-order valence-electron chi connectivity index (χ0n) is 14.3. The van der Waals surface area contributed by atoms with E-state index in [1.165, 1.54) is 22.3 Å². The van der Waals surface area contributed by atoms with Crippen LogP contribution in [0.25, 0.3) is 0 Å². The Balaban J connectivity index is 1.83. The number of benzene rings is 1. The summed E-state index contributed by atoms with van der Waals surface area (Å²) in [5.41, 5.74) is 5.25. The van der Waals surface area contributed by atoms with Gasteiger partial charge in [0.05, 0.1) is 0 Å². The van der Waals surface area contributed by atoms with Crippen LogP contribution < -0.4 is 10.6 Å². The third-order valence-electron chi connectivity index (χ3n) is 3.99. The summed E-state index contributed by atoms with van der Waals surface area (Å²) in [5, 5.41) is 6.76. The van der Waals surface area contributed by atoms with Crippen LogP contribution in [0.5, 0.6) is 0 Å². The molecule has 0 fully saturated rings. The molecule has 0 bridgehead atoms. The molecule has 2 N–H and O–H groups in total. The predicted octanol–water partition coefficient (Wildman–Crippen LogP) is 2.86. The number of nitrogens with zero attached hydrogens (tertiary/aromatic N) is 2. The monoisotopic (exact) mass is 310 g/mol. The summed E-state index contributed by atoms with van der Waals surface area (Å²) >= 11 is 0. The van der Waals surface area contributed by atoms with Crippen molar-refractivity contribution in [2.45, 2.75) is 33.2 Å². The number of aliphatic imine (C=N–C) groups is 1. The molecule has 4 heteroatoms. The molecule has 4 nitrogen and oxygen atoms in total. The third kappa shape index (κ3) is 5.09. The topological polar surface area (TPSA) is 49.3 Å². The number of rotatable bonds is 6. The zero-order chi connectivity index (χ0) is 16.5. The number of nitrogens with one attached hydrogen (secondary N) is 2. The smallest absolute Gasteiger partial charge is 0.191 e. The fourth-order valence-electron chi connectivity index (χ4n) is 2.57. The van der Waals surface area contributed by atoms with Crippen LogP contribution in [-0.4, -0.2) is 24.5 Å². The van der Waals surface area contributed by atoms with Crippen LogP contribution in [0.4, 0.5) is 0 Å². The van der Waals surface area contributed by atoms with E-state index in [1.807, 2.05) is 12.4 Å². The molecular formula is C19H26N4. The normalized spacial score (nSPS) is 11.3. The molecule has 2 aromatic rings.